The van der Waals surface area contributed by atoms with E-state index in [1.807, 2.05) is 6.92 Å². The van der Waals surface area contributed by atoms with Gasteiger partial charge in [-0.1, -0.05) is 45.6 Å². The van der Waals surface area contributed by atoms with Gasteiger partial charge in [0, 0.05) is 25.8 Å². The Bertz CT molecular complexity index is 938. The number of hydrogen-bond donors (Lipinski definition) is 1. The third-order valence-corrected chi connectivity index (χ3v) is 8.41. The highest BCUT2D eigenvalue weighted by Gasteiger charge is 2.71. The minimum absolute atomic E-state index is 0.0813. The predicted molar refractivity (Wildman–Crippen MR) is 132 cm³/mol. The van der Waals surface area contributed by atoms with Crippen LogP contribution in [0.4, 0.5) is 0 Å². The lowest BCUT2D eigenvalue weighted by atomic mass is 9.45. The number of ether oxygens (including phenoxy) is 4. The summed E-state index contributed by atoms with van der Waals surface area (Å²) in [5, 5.41) is 11.7. The van der Waals surface area contributed by atoms with Crippen molar-refractivity contribution in [3.05, 3.63) is 36.5 Å². The normalized spacial score (nSPS) is 37.1. The lowest BCUT2D eigenvalue weighted by molar-refractivity contribution is -0.254. The fourth-order valence-corrected chi connectivity index (χ4v) is 6.45. The summed E-state index contributed by atoms with van der Waals surface area (Å²) in [4.78, 5) is 36.6. The second-order valence-electron chi connectivity index (χ2n) is 10.7. The lowest BCUT2D eigenvalue weighted by Crippen LogP contribution is -2.63. The molecule has 8 atom stereocenters. The van der Waals surface area contributed by atoms with Gasteiger partial charge in [0.15, 0.2) is 0 Å². The Morgan fingerprint density at radius 2 is 1.83 bits per heavy atom. The number of esters is 3. The third kappa shape index (κ3) is 5.02. The van der Waals surface area contributed by atoms with E-state index in [1.54, 1.807) is 12.2 Å². The Morgan fingerprint density at radius 1 is 1.17 bits per heavy atom. The first-order chi connectivity index (χ1) is 16.9. The first-order valence-electron chi connectivity index (χ1n) is 12.8. The summed E-state index contributed by atoms with van der Waals surface area (Å²) in [5.41, 5.74) is -0.149. The van der Waals surface area contributed by atoms with Crippen molar-refractivity contribution in [2.45, 2.75) is 97.9 Å². The summed E-state index contributed by atoms with van der Waals surface area (Å²) in [6.07, 6.45) is 2.79. The van der Waals surface area contributed by atoms with Crippen LogP contribution in [0.25, 0.3) is 0 Å². The smallest absolute Gasteiger partial charge is 0.306 e. The minimum Gasteiger partial charge on any atom is -0.458 e. The summed E-state index contributed by atoms with van der Waals surface area (Å²) >= 11 is 0. The number of carbonyl (C=O) groups excluding carboxylic acids is 3. The van der Waals surface area contributed by atoms with Gasteiger partial charge in [0.25, 0.3) is 0 Å². The van der Waals surface area contributed by atoms with E-state index in [4.69, 9.17) is 18.9 Å². The van der Waals surface area contributed by atoms with Crippen LogP contribution >= 0.6 is 0 Å². The molecule has 3 rings (SSSR count). The Balaban J connectivity index is 2.18. The standard InChI is InChI=1S/C28H40O8/c1-8-10-24(32)35-20-14-21-25(33-18(5)29)36-26(34-19(6)30)28(21)22(15-20)27(7,12-11-16(3)9-2)17(4)13-23(28)31/h9,14,17,20,22-23,25-26,31H,2-3,8,10-13,15H2,1,4-7H3/t17-,20+,22+,23+,25+,26-,27-,28+/m1/s1. The van der Waals surface area contributed by atoms with E-state index in [0.717, 1.165) is 12.0 Å². The predicted octanol–water partition coefficient (Wildman–Crippen LogP) is 4.37. The number of allylic oxidation sites excluding steroid dienone is 2. The molecule has 200 valence electrons. The van der Waals surface area contributed by atoms with Crippen molar-refractivity contribution in [3.8, 4) is 0 Å². The molecule has 1 spiro atoms. The highest BCUT2D eigenvalue weighted by atomic mass is 16.8. The first kappa shape index (κ1) is 28.1. The van der Waals surface area contributed by atoms with Gasteiger partial charge < -0.3 is 19.3 Å². The molecule has 0 aromatic rings. The number of aliphatic hydroxyl groups is 1. The molecule has 0 bridgehead atoms. The van der Waals surface area contributed by atoms with Crippen LogP contribution < -0.4 is 0 Å². The quantitative estimate of drug-likeness (QED) is 0.213. The molecule has 8 nitrogen and oxygen atoms in total. The molecule has 0 unspecified atom stereocenters. The van der Waals surface area contributed by atoms with Crippen molar-refractivity contribution in [2.75, 3.05) is 0 Å². The van der Waals surface area contributed by atoms with Gasteiger partial charge in [0.05, 0.1) is 11.5 Å². The van der Waals surface area contributed by atoms with E-state index < -0.39 is 42.1 Å². The Morgan fingerprint density at radius 3 is 2.42 bits per heavy atom. The molecule has 1 heterocycles. The maximum absolute atomic E-state index is 12.5. The monoisotopic (exact) mass is 504 g/mol. The molecule has 0 aromatic carbocycles. The van der Waals surface area contributed by atoms with Gasteiger partial charge in [-0.15, -0.1) is 0 Å². The Kier molecular flexibility index (Phi) is 8.51. The molecule has 2 aliphatic carbocycles. The zero-order valence-corrected chi connectivity index (χ0v) is 22.1. The molecule has 1 saturated heterocycles. The van der Waals surface area contributed by atoms with Gasteiger partial charge in [0.1, 0.15) is 6.10 Å². The molecular weight excluding hydrogens is 464 g/mol. The van der Waals surface area contributed by atoms with Gasteiger partial charge in [-0.2, -0.15) is 0 Å². The van der Waals surface area contributed by atoms with Gasteiger partial charge in [0.2, 0.25) is 12.6 Å². The number of aliphatic hydroxyl groups excluding tert-OH is 1. The molecular formula is C28H40O8. The Hall–Kier alpha value is -2.45. The maximum Gasteiger partial charge on any atom is 0.306 e. The number of hydrogen-bond acceptors (Lipinski definition) is 8. The second-order valence-corrected chi connectivity index (χ2v) is 10.7. The molecule has 8 heteroatoms. The highest BCUT2D eigenvalue weighted by Crippen LogP contribution is 2.67. The topological polar surface area (TPSA) is 108 Å². The maximum atomic E-state index is 12.5. The zero-order valence-electron chi connectivity index (χ0n) is 22.1. The average Bonchev–Trinajstić information content (AvgIpc) is 3.08. The van der Waals surface area contributed by atoms with Crippen LogP contribution in [0.1, 0.15) is 73.1 Å². The van der Waals surface area contributed by atoms with Crippen molar-refractivity contribution in [3.63, 3.8) is 0 Å². The second kappa shape index (κ2) is 10.9. The van der Waals surface area contributed by atoms with Crippen LogP contribution in [0.5, 0.6) is 0 Å². The van der Waals surface area contributed by atoms with Crippen LogP contribution in [0.3, 0.4) is 0 Å². The van der Waals surface area contributed by atoms with E-state index in [0.29, 0.717) is 31.3 Å². The average molecular weight is 505 g/mol. The summed E-state index contributed by atoms with van der Waals surface area (Å²) in [5.74, 6) is -1.70. The molecule has 0 aromatic heterocycles. The van der Waals surface area contributed by atoms with E-state index in [9.17, 15) is 19.5 Å². The first-order valence-corrected chi connectivity index (χ1v) is 12.8. The van der Waals surface area contributed by atoms with Gasteiger partial charge in [-0.3, -0.25) is 19.1 Å². The van der Waals surface area contributed by atoms with Crippen LogP contribution in [-0.2, 0) is 33.3 Å². The fraction of sp³-hybridized carbons (Fsp3) is 0.679. The van der Waals surface area contributed by atoms with Gasteiger partial charge >= 0.3 is 17.9 Å². The molecule has 2 fully saturated rings. The summed E-state index contributed by atoms with van der Waals surface area (Å²) < 4.78 is 23.0. The van der Waals surface area contributed by atoms with Crippen LogP contribution in [0, 0.1) is 22.7 Å². The largest absolute Gasteiger partial charge is 0.458 e. The molecule has 1 aliphatic heterocycles. The fourth-order valence-electron chi connectivity index (χ4n) is 6.45. The molecule has 0 amide bonds. The van der Waals surface area contributed by atoms with E-state index in [2.05, 4.69) is 27.0 Å². The molecule has 1 N–H and O–H groups in total. The van der Waals surface area contributed by atoms with Crippen molar-refractivity contribution in [2.24, 2.45) is 22.7 Å². The highest BCUT2D eigenvalue weighted by molar-refractivity contribution is 5.70. The molecule has 1 saturated carbocycles. The van der Waals surface area contributed by atoms with Crippen molar-refractivity contribution >= 4 is 17.9 Å². The molecule has 36 heavy (non-hydrogen) atoms. The van der Waals surface area contributed by atoms with Crippen LogP contribution in [-0.4, -0.2) is 47.8 Å². The minimum atomic E-state index is -1.17. The molecule has 0 radical (unpaired) electrons. The SMILES string of the molecule is C=CC(=C)CC[C@]1(C)[C@H](C)C[C@H](O)[C@]23C(=C[C@H](OC(=O)CCC)C[C@@H]12)[C@@H](OC(C)=O)O[C@H]3OC(C)=O. The van der Waals surface area contributed by atoms with Crippen LogP contribution in [0.15, 0.2) is 36.5 Å². The van der Waals surface area contributed by atoms with E-state index in [1.165, 1.54) is 13.8 Å². The number of carbonyl (C=O) groups is 3. The van der Waals surface area contributed by atoms with Gasteiger partial charge in [-0.25, -0.2) is 0 Å². The Labute approximate surface area is 213 Å². The summed E-state index contributed by atoms with van der Waals surface area (Å²) in [7, 11) is 0. The lowest BCUT2D eigenvalue weighted by Gasteiger charge is -2.60. The van der Waals surface area contributed by atoms with Gasteiger partial charge in [-0.05, 0) is 55.4 Å². The van der Waals surface area contributed by atoms with Crippen molar-refractivity contribution in [1.29, 1.82) is 0 Å². The summed E-state index contributed by atoms with van der Waals surface area (Å²) in [6, 6.07) is 0. The third-order valence-electron chi connectivity index (χ3n) is 8.41. The summed E-state index contributed by atoms with van der Waals surface area (Å²) in [6.45, 7) is 16.6. The zero-order chi connectivity index (χ0) is 26.8. The van der Waals surface area contributed by atoms with Crippen molar-refractivity contribution < 1.29 is 38.4 Å². The van der Waals surface area contributed by atoms with E-state index >= 15 is 0 Å². The van der Waals surface area contributed by atoms with E-state index in [-0.39, 0.29) is 29.6 Å². The molecule has 3 aliphatic rings. The van der Waals surface area contributed by atoms with Crippen molar-refractivity contribution in [1.82, 2.24) is 0 Å². The number of rotatable bonds is 9. The van der Waals surface area contributed by atoms with Crippen LogP contribution in [0.2, 0.25) is 0 Å².